The van der Waals surface area contributed by atoms with E-state index in [0.717, 1.165) is 17.1 Å². The van der Waals surface area contributed by atoms with Gasteiger partial charge in [0, 0.05) is 11.3 Å². The van der Waals surface area contributed by atoms with Crippen molar-refractivity contribution in [1.82, 2.24) is 0 Å². The standard InChI is InChI=1S/C16H17NO4/c1-10-7-13(21-11(10)2)8-17-14-6-4-5-12(9-18)15(14)16(19)20-3/h4-7,9,17H,8H2,1-3H3. The molecule has 0 amide bonds. The number of carbonyl (C=O) groups excluding carboxylic acids is 2. The molecule has 0 saturated heterocycles. The molecule has 0 spiro atoms. The number of rotatable bonds is 5. The highest BCUT2D eigenvalue weighted by molar-refractivity contribution is 6.03. The van der Waals surface area contributed by atoms with Crippen molar-refractivity contribution in [3.63, 3.8) is 0 Å². The molecule has 1 N–H and O–H groups in total. The molecule has 5 heteroatoms. The Morgan fingerprint density at radius 3 is 2.71 bits per heavy atom. The van der Waals surface area contributed by atoms with Crippen LogP contribution in [0, 0.1) is 13.8 Å². The van der Waals surface area contributed by atoms with E-state index in [2.05, 4.69) is 5.32 Å². The Bertz CT molecular complexity index is 653. The Morgan fingerprint density at radius 2 is 2.14 bits per heavy atom. The van der Waals surface area contributed by atoms with Gasteiger partial charge in [-0.15, -0.1) is 0 Å². The molecular weight excluding hydrogens is 270 g/mol. The number of hydrogen-bond donors (Lipinski definition) is 1. The summed E-state index contributed by atoms with van der Waals surface area (Å²) in [7, 11) is 1.28. The highest BCUT2D eigenvalue weighted by atomic mass is 16.5. The van der Waals surface area contributed by atoms with E-state index in [1.807, 2.05) is 19.9 Å². The van der Waals surface area contributed by atoms with E-state index >= 15 is 0 Å². The van der Waals surface area contributed by atoms with Crippen molar-refractivity contribution < 1.29 is 18.7 Å². The van der Waals surface area contributed by atoms with Crippen molar-refractivity contribution >= 4 is 17.9 Å². The largest absolute Gasteiger partial charge is 0.465 e. The number of aryl methyl sites for hydroxylation is 2. The third-order valence-corrected chi connectivity index (χ3v) is 3.28. The molecule has 0 bridgehead atoms. The topological polar surface area (TPSA) is 68.5 Å². The molecule has 21 heavy (non-hydrogen) atoms. The summed E-state index contributed by atoms with van der Waals surface area (Å²) in [6.07, 6.45) is 0.638. The lowest BCUT2D eigenvalue weighted by molar-refractivity contribution is 0.0599. The minimum absolute atomic E-state index is 0.231. The second kappa shape index (κ2) is 6.26. The summed E-state index contributed by atoms with van der Waals surface area (Å²) in [4.78, 5) is 22.9. The number of hydrogen-bond acceptors (Lipinski definition) is 5. The molecule has 0 saturated carbocycles. The summed E-state index contributed by atoms with van der Waals surface area (Å²) < 4.78 is 10.3. The number of nitrogens with one attached hydrogen (secondary N) is 1. The quantitative estimate of drug-likeness (QED) is 0.676. The number of aldehydes is 1. The summed E-state index contributed by atoms with van der Waals surface area (Å²) in [5, 5.41) is 3.11. The molecule has 0 aliphatic heterocycles. The molecule has 1 aromatic carbocycles. The fourth-order valence-corrected chi connectivity index (χ4v) is 2.06. The molecule has 5 nitrogen and oxygen atoms in total. The molecular formula is C16H17NO4. The summed E-state index contributed by atoms with van der Waals surface area (Å²) in [5.74, 6) is 1.07. The average molecular weight is 287 g/mol. The SMILES string of the molecule is COC(=O)c1c(C=O)cccc1NCc1cc(C)c(C)o1. The normalized spacial score (nSPS) is 10.2. The van der Waals surface area contributed by atoms with Crippen molar-refractivity contribution in [2.75, 3.05) is 12.4 Å². The van der Waals surface area contributed by atoms with Gasteiger partial charge in [0.1, 0.15) is 11.5 Å². The number of benzene rings is 1. The molecule has 0 aliphatic rings. The van der Waals surface area contributed by atoms with E-state index < -0.39 is 5.97 Å². The van der Waals surface area contributed by atoms with Gasteiger partial charge in [-0.1, -0.05) is 12.1 Å². The number of methoxy groups -OCH3 is 1. The highest BCUT2D eigenvalue weighted by Gasteiger charge is 2.17. The molecule has 0 radical (unpaired) electrons. The first-order valence-electron chi connectivity index (χ1n) is 6.53. The molecule has 0 fully saturated rings. The fourth-order valence-electron chi connectivity index (χ4n) is 2.06. The van der Waals surface area contributed by atoms with Gasteiger partial charge in [0.15, 0.2) is 6.29 Å². The Labute approximate surface area is 122 Å². The van der Waals surface area contributed by atoms with Crippen molar-refractivity contribution in [1.29, 1.82) is 0 Å². The number of furan rings is 1. The van der Waals surface area contributed by atoms with Gasteiger partial charge in [-0.25, -0.2) is 4.79 Å². The zero-order chi connectivity index (χ0) is 15.4. The highest BCUT2D eigenvalue weighted by Crippen LogP contribution is 2.22. The predicted molar refractivity (Wildman–Crippen MR) is 78.7 cm³/mol. The predicted octanol–water partition coefficient (Wildman–Crippen LogP) is 3.11. The summed E-state index contributed by atoms with van der Waals surface area (Å²) in [6, 6.07) is 6.94. The molecule has 110 valence electrons. The van der Waals surface area contributed by atoms with Crippen molar-refractivity contribution in [2.45, 2.75) is 20.4 Å². The maximum Gasteiger partial charge on any atom is 0.340 e. The number of esters is 1. The van der Waals surface area contributed by atoms with Crippen LogP contribution >= 0.6 is 0 Å². The van der Waals surface area contributed by atoms with Crippen molar-refractivity contribution in [3.8, 4) is 0 Å². The van der Waals surface area contributed by atoms with Crippen LogP contribution in [0.2, 0.25) is 0 Å². The summed E-state index contributed by atoms with van der Waals surface area (Å²) in [6.45, 7) is 4.28. The smallest absolute Gasteiger partial charge is 0.340 e. The summed E-state index contributed by atoms with van der Waals surface area (Å²) >= 11 is 0. The van der Waals surface area contributed by atoms with E-state index in [1.165, 1.54) is 7.11 Å². The monoisotopic (exact) mass is 287 g/mol. The Kier molecular flexibility index (Phi) is 4.42. The van der Waals surface area contributed by atoms with Crippen LogP contribution in [-0.4, -0.2) is 19.4 Å². The molecule has 0 aliphatic carbocycles. The Hall–Kier alpha value is -2.56. The summed E-state index contributed by atoms with van der Waals surface area (Å²) in [5.41, 5.74) is 2.13. The van der Waals surface area contributed by atoms with E-state index in [1.54, 1.807) is 18.2 Å². The third-order valence-electron chi connectivity index (χ3n) is 3.28. The van der Waals surface area contributed by atoms with Crippen LogP contribution in [0.3, 0.4) is 0 Å². The van der Waals surface area contributed by atoms with Crippen LogP contribution in [0.1, 0.15) is 37.8 Å². The van der Waals surface area contributed by atoms with E-state index in [9.17, 15) is 9.59 Å². The van der Waals surface area contributed by atoms with Crippen molar-refractivity contribution in [2.24, 2.45) is 0 Å². The molecule has 2 aromatic rings. The fraction of sp³-hybridized carbons (Fsp3) is 0.250. The van der Waals surface area contributed by atoms with Gasteiger partial charge >= 0.3 is 5.97 Å². The van der Waals surface area contributed by atoms with E-state index in [4.69, 9.17) is 9.15 Å². The first-order valence-corrected chi connectivity index (χ1v) is 6.53. The van der Waals surface area contributed by atoms with Crippen LogP contribution in [-0.2, 0) is 11.3 Å². The zero-order valence-corrected chi connectivity index (χ0v) is 12.2. The van der Waals surface area contributed by atoms with Gasteiger partial charge in [-0.2, -0.15) is 0 Å². The molecule has 1 heterocycles. The molecule has 1 aromatic heterocycles. The lowest BCUT2D eigenvalue weighted by Crippen LogP contribution is -2.11. The minimum atomic E-state index is -0.549. The maximum atomic E-state index is 11.8. The molecule has 0 unspecified atom stereocenters. The maximum absolute atomic E-state index is 11.8. The van der Waals surface area contributed by atoms with Crippen LogP contribution in [0.5, 0.6) is 0 Å². The second-order valence-corrected chi connectivity index (χ2v) is 4.68. The first kappa shape index (κ1) is 14.8. The molecule has 0 atom stereocenters. The second-order valence-electron chi connectivity index (χ2n) is 4.68. The lowest BCUT2D eigenvalue weighted by Gasteiger charge is -2.11. The van der Waals surface area contributed by atoms with Gasteiger partial charge in [0.05, 0.1) is 19.2 Å². The number of anilines is 1. The van der Waals surface area contributed by atoms with Crippen LogP contribution < -0.4 is 5.32 Å². The van der Waals surface area contributed by atoms with E-state index in [0.29, 0.717) is 24.1 Å². The van der Waals surface area contributed by atoms with Crippen LogP contribution in [0.15, 0.2) is 28.7 Å². The van der Waals surface area contributed by atoms with E-state index in [-0.39, 0.29) is 5.56 Å². The average Bonchev–Trinajstić information content (AvgIpc) is 2.82. The van der Waals surface area contributed by atoms with Gasteiger partial charge < -0.3 is 14.5 Å². The lowest BCUT2D eigenvalue weighted by atomic mass is 10.1. The molecule has 2 rings (SSSR count). The van der Waals surface area contributed by atoms with Crippen LogP contribution in [0.4, 0.5) is 5.69 Å². The first-order chi connectivity index (χ1) is 10.1. The van der Waals surface area contributed by atoms with Gasteiger partial charge in [0.25, 0.3) is 0 Å². The van der Waals surface area contributed by atoms with Crippen molar-refractivity contribution in [3.05, 3.63) is 52.5 Å². The van der Waals surface area contributed by atoms with Gasteiger partial charge in [-0.3, -0.25) is 4.79 Å². The Morgan fingerprint density at radius 1 is 1.38 bits per heavy atom. The Balaban J connectivity index is 2.27. The van der Waals surface area contributed by atoms with Crippen LogP contribution in [0.25, 0.3) is 0 Å². The van der Waals surface area contributed by atoms with Gasteiger partial charge in [0.2, 0.25) is 0 Å². The number of carbonyl (C=O) groups is 2. The zero-order valence-electron chi connectivity index (χ0n) is 12.2. The minimum Gasteiger partial charge on any atom is -0.465 e. The number of ether oxygens (including phenoxy) is 1. The van der Waals surface area contributed by atoms with Gasteiger partial charge in [-0.05, 0) is 31.5 Å². The third kappa shape index (κ3) is 3.13.